The Kier molecular flexibility index (Phi) is 5.06. The second-order valence-corrected chi connectivity index (χ2v) is 6.04. The van der Waals surface area contributed by atoms with Crippen LogP contribution in [0.4, 0.5) is 0 Å². The molecule has 1 unspecified atom stereocenters. The van der Waals surface area contributed by atoms with Crippen molar-refractivity contribution in [3.8, 4) is 0 Å². The van der Waals surface area contributed by atoms with Crippen LogP contribution >= 0.6 is 11.8 Å². The lowest BCUT2D eigenvalue weighted by atomic mass is 10.1. The van der Waals surface area contributed by atoms with E-state index in [0.717, 1.165) is 17.7 Å². The first-order valence-electron chi connectivity index (χ1n) is 6.59. The van der Waals surface area contributed by atoms with Crippen molar-refractivity contribution in [2.75, 3.05) is 5.75 Å². The third-order valence-corrected chi connectivity index (χ3v) is 4.19. The van der Waals surface area contributed by atoms with E-state index in [2.05, 4.69) is 38.1 Å². The summed E-state index contributed by atoms with van der Waals surface area (Å²) >= 11 is 1.80. The first kappa shape index (κ1) is 14.2. The van der Waals surface area contributed by atoms with E-state index in [4.69, 9.17) is 0 Å². The molecular weight excluding hydrogens is 252 g/mol. The molecule has 0 radical (unpaired) electrons. The zero-order valence-electron chi connectivity index (χ0n) is 11.5. The smallest absolute Gasteiger partial charge is 0.0798 e. The van der Waals surface area contributed by atoms with Crippen LogP contribution < -0.4 is 0 Å². The van der Waals surface area contributed by atoms with Crippen LogP contribution in [0.1, 0.15) is 29.2 Å². The van der Waals surface area contributed by atoms with Crippen LogP contribution in [0.25, 0.3) is 0 Å². The molecule has 100 valence electrons. The van der Waals surface area contributed by atoms with E-state index in [1.165, 1.54) is 16.0 Å². The quantitative estimate of drug-likeness (QED) is 0.808. The number of hydrogen-bond acceptors (Lipinski definition) is 2. The molecule has 1 N–H and O–H groups in total. The molecule has 1 nitrogen and oxygen atoms in total. The van der Waals surface area contributed by atoms with Crippen LogP contribution in [0.15, 0.2) is 53.4 Å². The van der Waals surface area contributed by atoms with Crippen molar-refractivity contribution in [3.63, 3.8) is 0 Å². The van der Waals surface area contributed by atoms with E-state index in [-0.39, 0.29) is 6.10 Å². The van der Waals surface area contributed by atoms with Gasteiger partial charge in [0.25, 0.3) is 0 Å². The van der Waals surface area contributed by atoms with Crippen molar-refractivity contribution in [2.24, 2.45) is 0 Å². The summed E-state index contributed by atoms with van der Waals surface area (Å²) in [4.78, 5) is 1.27. The molecule has 0 bridgehead atoms. The molecule has 0 aliphatic heterocycles. The van der Waals surface area contributed by atoms with Gasteiger partial charge in [0, 0.05) is 10.6 Å². The molecule has 0 aliphatic carbocycles. The topological polar surface area (TPSA) is 20.2 Å². The third kappa shape index (κ3) is 4.41. The summed E-state index contributed by atoms with van der Waals surface area (Å²) in [5.74, 6) is 0.929. The van der Waals surface area contributed by atoms with Crippen LogP contribution in [0.2, 0.25) is 0 Å². The summed E-state index contributed by atoms with van der Waals surface area (Å²) in [6, 6.07) is 16.6. The maximum atomic E-state index is 10.1. The van der Waals surface area contributed by atoms with E-state index in [0.29, 0.717) is 0 Å². The summed E-state index contributed by atoms with van der Waals surface area (Å²) < 4.78 is 0. The highest BCUT2D eigenvalue weighted by Gasteiger charge is 2.07. The zero-order valence-corrected chi connectivity index (χ0v) is 12.3. The van der Waals surface area contributed by atoms with Crippen LogP contribution in [-0.2, 0) is 0 Å². The SMILES string of the molecule is Cc1ccc(SCCC(O)c2ccc(C)cc2)cc1. The Bertz CT molecular complexity index is 502. The Labute approximate surface area is 119 Å². The molecule has 0 saturated heterocycles. The zero-order chi connectivity index (χ0) is 13.7. The van der Waals surface area contributed by atoms with Gasteiger partial charge in [-0.1, -0.05) is 47.5 Å². The number of benzene rings is 2. The van der Waals surface area contributed by atoms with Gasteiger partial charge < -0.3 is 5.11 Å². The molecule has 0 aliphatic rings. The lowest BCUT2D eigenvalue weighted by molar-refractivity contribution is 0.175. The Hall–Kier alpha value is -1.25. The maximum Gasteiger partial charge on any atom is 0.0798 e. The normalized spacial score (nSPS) is 12.4. The van der Waals surface area contributed by atoms with Gasteiger partial charge in [-0.15, -0.1) is 11.8 Å². The molecule has 19 heavy (non-hydrogen) atoms. The minimum absolute atomic E-state index is 0.362. The van der Waals surface area contributed by atoms with E-state index < -0.39 is 0 Å². The number of aliphatic hydroxyl groups is 1. The maximum absolute atomic E-state index is 10.1. The Morgan fingerprint density at radius 3 is 2.00 bits per heavy atom. The minimum Gasteiger partial charge on any atom is -0.388 e. The molecule has 2 aromatic rings. The molecule has 1 atom stereocenters. The number of hydrogen-bond donors (Lipinski definition) is 1. The fourth-order valence-electron chi connectivity index (χ4n) is 1.88. The third-order valence-electron chi connectivity index (χ3n) is 3.14. The van der Waals surface area contributed by atoms with E-state index in [9.17, 15) is 5.11 Å². The van der Waals surface area contributed by atoms with Gasteiger partial charge >= 0.3 is 0 Å². The fourth-order valence-corrected chi connectivity index (χ4v) is 2.78. The van der Waals surface area contributed by atoms with E-state index in [1.54, 1.807) is 11.8 Å². The molecule has 0 spiro atoms. The van der Waals surface area contributed by atoms with Crippen molar-refractivity contribution in [2.45, 2.75) is 31.3 Å². The second kappa shape index (κ2) is 6.78. The van der Waals surface area contributed by atoms with Gasteiger partial charge in [-0.25, -0.2) is 0 Å². The van der Waals surface area contributed by atoms with Crippen molar-refractivity contribution >= 4 is 11.8 Å². The summed E-state index contributed by atoms with van der Waals surface area (Å²) in [7, 11) is 0. The molecule has 0 amide bonds. The average molecular weight is 272 g/mol. The van der Waals surface area contributed by atoms with Gasteiger partial charge in [-0.2, -0.15) is 0 Å². The molecule has 0 saturated carbocycles. The van der Waals surface area contributed by atoms with Gasteiger partial charge in [0.2, 0.25) is 0 Å². The van der Waals surface area contributed by atoms with E-state index in [1.807, 2.05) is 24.3 Å². The number of rotatable bonds is 5. The second-order valence-electron chi connectivity index (χ2n) is 4.88. The highest BCUT2D eigenvalue weighted by molar-refractivity contribution is 7.99. The van der Waals surface area contributed by atoms with Gasteiger partial charge in [0.1, 0.15) is 0 Å². The van der Waals surface area contributed by atoms with Crippen molar-refractivity contribution in [1.29, 1.82) is 0 Å². The first-order valence-corrected chi connectivity index (χ1v) is 7.58. The van der Waals surface area contributed by atoms with Crippen LogP contribution in [0, 0.1) is 13.8 Å². The van der Waals surface area contributed by atoms with Gasteiger partial charge in [0.15, 0.2) is 0 Å². The molecular formula is C17H20OS. The molecule has 0 aromatic heterocycles. The van der Waals surface area contributed by atoms with Crippen molar-refractivity contribution < 1.29 is 5.11 Å². The number of aryl methyl sites for hydroxylation is 2. The van der Waals surface area contributed by atoms with E-state index >= 15 is 0 Å². The first-order chi connectivity index (χ1) is 9.15. The average Bonchev–Trinajstić information content (AvgIpc) is 2.41. The van der Waals surface area contributed by atoms with Crippen LogP contribution in [0.5, 0.6) is 0 Å². The fraction of sp³-hybridized carbons (Fsp3) is 0.294. The molecule has 2 aromatic carbocycles. The summed E-state index contributed by atoms with van der Waals surface area (Å²) in [6.07, 6.45) is 0.417. The molecule has 2 rings (SSSR count). The standard InChI is InChI=1S/C17H20OS/c1-13-3-7-15(8-4-13)17(18)11-12-19-16-9-5-14(2)6-10-16/h3-10,17-18H,11-12H2,1-2H3. The highest BCUT2D eigenvalue weighted by atomic mass is 32.2. The Balaban J connectivity index is 1.82. The lowest BCUT2D eigenvalue weighted by Gasteiger charge is -2.11. The van der Waals surface area contributed by atoms with Gasteiger partial charge in [0.05, 0.1) is 6.10 Å². The largest absolute Gasteiger partial charge is 0.388 e. The summed E-state index contributed by atoms with van der Waals surface area (Å²) in [5.41, 5.74) is 3.52. The highest BCUT2D eigenvalue weighted by Crippen LogP contribution is 2.24. The number of thioether (sulfide) groups is 1. The monoisotopic (exact) mass is 272 g/mol. The minimum atomic E-state index is -0.362. The Morgan fingerprint density at radius 1 is 0.895 bits per heavy atom. The predicted molar refractivity (Wildman–Crippen MR) is 82.7 cm³/mol. The molecule has 2 heteroatoms. The van der Waals surface area contributed by atoms with Gasteiger partial charge in [-0.05, 0) is 38.0 Å². The van der Waals surface area contributed by atoms with Gasteiger partial charge in [-0.3, -0.25) is 0 Å². The number of aliphatic hydroxyl groups excluding tert-OH is 1. The lowest BCUT2D eigenvalue weighted by Crippen LogP contribution is -1.98. The molecule has 0 heterocycles. The molecule has 0 fully saturated rings. The Morgan fingerprint density at radius 2 is 1.42 bits per heavy atom. The predicted octanol–water partition coefficient (Wildman–Crippen LogP) is 4.52. The summed E-state index contributed by atoms with van der Waals surface area (Å²) in [6.45, 7) is 4.15. The van der Waals surface area contributed by atoms with Crippen LogP contribution in [-0.4, -0.2) is 10.9 Å². The summed E-state index contributed by atoms with van der Waals surface area (Å²) in [5, 5.41) is 10.1. The van der Waals surface area contributed by atoms with Crippen molar-refractivity contribution in [1.82, 2.24) is 0 Å². The van der Waals surface area contributed by atoms with Crippen LogP contribution in [0.3, 0.4) is 0 Å². The van der Waals surface area contributed by atoms with Crippen molar-refractivity contribution in [3.05, 3.63) is 65.2 Å².